The van der Waals surface area contributed by atoms with E-state index < -0.39 is 6.10 Å². The lowest BCUT2D eigenvalue weighted by atomic mass is 10.0. The number of para-hydroxylation sites is 1. The van der Waals surface area contributed by atoms with Gasteiger partial charge in [-0.3, -0.25) is 4.79 Å². The van der Waals surface area contributed by atoms with Crippen molar-refractivity contribution in [3.05, 3.63) is 65.7 Å². The van der Waals surface area contributed by atoms with Crippen molar-refractivity contribution in [3.8, 4) is 5.75 Å². The van der Waals surface area contributed by atoms with Crippen molar-refractivity contribution in [2.75, 3.05) is 0 Å². The minimum Gasteiger partial charge on any atom is -0.481 e. The first-order chi connectivity index (χ1) is 11.5. The topological polar surface area (TPSA) is 38.3 Å². The summed E-state index contributed by atoms with van der Waals surface area (Å²) in [5.74, 6) is 1.04. The maximum atomic E-state index is 12.5. The molecule has 0 heterocycles. The first-order valence-electron chi connectivity index (χ1n) is 8.63. The van der Waals surface area contributed by atoms with E-state index in [0.29, 0.717) is 5.92 Å². The maximum absolute atomic E-state index is 12.5. The van der Waals surface area contributed by atoms with Crippen LogP contribution in [0.5, 0.6) is 5.75 Å². The molecule has 2 unspecified atom stereocenters. The lowest BCUT2D eigenvalue weighted by molar-refractivity contribution is -0.128. The third kappa shape index (κ3) is 4.60. The van der Waals surface area contributed by atoms with Gasteiger partial charge in [-0.05, 0) is 36.5 Å². The predicted molar refractivity (Wildman–Crippen MR) is 98.2 cm³/mol. The van der Waals surface area contributed by atoms with Crippen LogP contribution in [0.4, 0.5) is 0 Å². The smallest absolute Gasteiger partial charge is 0.261 e. The van der Waals surface area contributed by atoms with E-state index in [-0.39, 0.29) is 11.9 Å². The van der Waals surface area contributed by atoms with Gasteiger partial charge in [0.05, 0.1) is 6.04 Å². The maximum Gasteiger partial charge on any atom is 0.261 e. The van der Waals surface area contributed by atoms with Crippen LogP contribution in [0.2, 0.25) is 0 Å². The van der Waals surface area contributed by atoms with Crippen LogP contribution in [0, 0.1) is 0 Å². The first kappa shape index (κ1) is 18.1. The highest BCUT2D eigenvalue weighted by atomic mass is 16.5. The summed E-state index contributed by atoms with van der Waals surface area (Å²) >= 11 is 0. The number of carbonyl (C=O) groups excluding carboxylic acids is 1. The van der Waals surface area contributed by atoms with Crippen LogP contribution in [0.25, 0.3) is 0 Å². The highest BCUT2D eigenvalue weighted by Gasteiger charge is 2.20. The van der Waals surface area contributed by atoms with E-state index in [2.05, 4.69) is 26.1 Å². The minimum atomic E-state index is -0.539. The number of amides is 1. The molecule has 0 spiro atoms. The Hall–Kier alpha value is -2.29. The Morgan fingerprint density at radius 2 is 1.62 bits per heavy atom. The zero-order chi connectivity index (χ0) is 17.5. The van der Waals surface area contributed by atoms with Gasteiger partial charge in [-0.2, -0.15) is 0 Å². The van der Waals surface area contributed by atoms with Gasteiger partial charge in [0.15, 0.2) is 6.10 Å². The van der Waals surface area contributed by atoms with E-state index in [9.17, 15) is 4.79 Å². The number of nitrogens with one attached hydrogen (secondary N) is 1. The highest BCUT2D eigenvalue weighted by molar-refractivity contribution is 5.81. The monoisotopic (exact) mass is 325 g/mol. The molecule has 2 aromatic carbocycles. The average molecular weight is 325 g/mol. The van der Waals surface area contributed by atoms with Crippen LogP contribution in [0.3, 0.4) is 0 Å². The molecule has 2 aromatic rings. The third-order valence-corrected chi connectivity index (χ3v) is 4.14. The number of carbonyl (C=O) groups is 1. The highest BCUT2D eigenvalue weighted by Crippen LogP contribution is 2.27. The predicted octanol–water partition coefficient (Wildman–Crippen LogP) is 4.84. The molecule has 0 bridgehead atoms. The Morgan fingerprint density at radius 1 is 1.00 bits per heavy atom. The molecule has 128 valence electrons. The number of hydrogen-bond acceptors (Lipinski definition) is 2. The minimum absolute atomic E-state index is 0.00472. The van der Waals surface area contributed by atoms with E-state index in [1.165, 1.54) is 0 Å². The van der Waals surface area contributed by atoms with E-state index in [0.717, 1.165) is 23.3 Å². The van der Waals surface area contributed by atoms with Crippen LogP contribution >= 0.6 is 0 Å². The third-order valence-electron chi connectivity index (χ3n) is 4.14. The SMILES string of the molecule is CCC(NC(=O)C(C)Oc1ccccc1C(C)C)c1ccccc1. The Balaban J connectivity index is 2.04. The molecule has 1 amide bonds. The molecule has 2 rings (SSSR count). The summed E-state index contributed by atoms with van der Waals surface area (Å²) in [6.45, 7) is 8.10. The van der Waals surface area contributed by atoms with Gasteiger partial charge >= 0.3 is 0 Å². The van der Waals surface area contributed by atoms with Crippen molar-refractivity contribution < 1.29 is 9.53 Å². The summed E-state index contributed by atoms with van der Waals surface area (Å²) < 4.78 is 5.94. The molecule has 2 atom stereocenters. The number of ether oxygens (including phenoxy) is 1. The molecule has 1 N–H and O–H groups in total. The van der Waals surface area contributed by atoms with Gasteiger partial charge < -0.3 is 10.1 Å². The van der Waals surface area contributed by atoms with Crippen LogP contribution in [-0.2, 0) is 4.79 Å². The molecule has 0 aliphatic heterocycles. The van der Waals surface area contributed by atoms with Gasteiger partial charge in [0.2, 0.25) is 0 Å². The van der Waals surface area contributed by atoms with Crippen molar-refractivity contribution in [1.29, 1.82) is 0 Å². The molecule has 3 heteroatoms. The molecule has 0 saturated carbocycles. The molecule has 0 aromatic heterocycles. The standard InChI is InChI=1S/C21H27NO2/c1-5-19(17-11-7-6-8-12-17)22-21(23)16(4)24-20-14-10-9-13-18(20)15(2)3/h6-16,19H,5H2,1-4H3,(H,22,23). The van der Waals surface area contributed by atoms with Crippen molar-refractivity contribution in [1.82, 2.24) is 5.32 Å². The average Bonchev–Trinajstić information content (AvgIpc) is 2.60. The largest absolute Gasteiger partial charge is 0.481 e. The fraction of sp³-hybridized carbons (Fsp3) is 0.381. The second kappa shape index (κ2) is 8.53. The molecular formula is C21H27NO2. The number of benzene rings is 2. The Morgan fingerprint density at radius 3 is 2.25 bits per heavy atom. The summed E-state index contributed by atoms with van der Waals surface area (Å²) in [4.78, 5) is 12.5. The summed E-state index contributed by atoms with van der Waals surface area (Å²) in [6.07, 6.45) is 0.299. The molecular weight excluding hydrogens is 298 g/mol. The first-order valence-corrected chi connectivity index (χ1v) is 8.63. The van der Waals surface area contributed by atoms with Gasteiger partial charge in [0, 0.05) is 0 Å². The van der Waals surface area contributed by atoms with E-state index in [4.69, 9.17) is 4.74 Å². The summed E-state index contributed by atoms with van der Waals surface area (Å²) in [6, 6.07) is 17.9. The van der Waals surface area contributed by atoms with Crippen molar-refractivity contribution in [3.63, 3.8) is 0 Å². The van der Waals surface area contributed by atoms with Gasteiger partial charge in [-0.25, -0.2) is 0 Å². The molecule has 3 nitrogen and oxygen atoms in total. The Labute approximate surface area is 145 Å². The Kier molecular flexibility index (Phi) is 6.42. The second-order valence-electron chi connectivity index (χ2n) is 6.33. The van der Waals surface area contributed by atoms with Gasteiger partial charge in [-0.15, -0.1) is 0 Å². The lowest BCUT2D eigenvalue weighted by Crippen LogP contribution is -2.38. The van der Waals surface area contributed by atoms with Crippen molar-refractivity contribution in [2.45, 2.75) is 52.2 Å². The van der Waals surface area contributed by atoms with Crippen molar-refractivity contribution in [2.24, 2.45) is 0 Å². The quantitative estimate of drug-likeness (QED) is 0.790. The van der Waals surface area contributed by atoms with Crippen LogP contribution in [-0.4, -0.2) is 12.0 Å². The molecule has 0 aliphatic rings. The number of rotatable bonds is 7. The second-order valence-corrected chi connectivity index (χ2v) is 6.33. The summed E-state index contributed by atoms with van der Waals surface area (Å²) in [7, 11) is 0. The van der Waals surface area contributed by atoms with Gasteiger partial charge in [-0.1, -0.05) is 69.3 Å². The molecule has 0 aliphatic carbocycles. The lowest BCUT2D eigenvalue weighted by Gasteiger charge is -2.22. The molecule has 0 fully saturated rings. The van der Waals surface area contributed by atoms with E-state index in [1.807, 2.05) is 54.6 Å². The van der Waals surface area contributed by atoms with Crippen LogP contribution in [0.15, 0.2) is 54.6 Å². The molecule has 24 heavy (non-hydrogen) atoms. The van der Waals surface area contributed by atoms with Gasteiger partial charge in [0.1, 0.15) is 5.75 Å². The van der Waals surface area contributed by atoms with E-state index >= 15 is 0 Å². The normalized spacial score (nSPS) is 13.4. The summed E-state index contributed by atoms with van der Waals surface area (Å²) in [5, 5.41) is 3.09. The Bertz CT molecular complexity index is 652. The molecule has 0 saturated heterocycles. The zero-order valence-electron chi connectivity index (χ0n) is 15.0. The van der Waals surface area contributed by atoms with Crippen LogP contribution < -0.4 is 10.1 Å². The molecule has 0 radical (unpaired) electrons. The number of hydrogen-bond donors (Lipinski definition) is 1. The van der Waals surface area contributed by atoms with Gasteiger partial charge in [0.25, 0.3) is 5.91 Å². The zero-order valence-corrected chi connectivity index (χ0v) is 15.0. The summed E-state index contributed by atoms with van der Waals surface area (Å²) in [5.41, 5.74) is 2.23. The van der Waals surface area contributed by atoms with E-state index in [1.54, 1.807) is 6.92 Å². The fourth-order valence-corrected chi connectivity index (χ4v) is 2.70. The van der Waals surface area contributed by atoms with Crippen molar-refractivity contribution >= 4 is 5.91 Å². The van der Waals surface area contributed by atoms with Crippen LogP contribution in [0.1, 0.15) is 57.2 Å². The fourth-order valence-electron chi connectivity index (χ4n) is 2.70.